The van der Waals surface area contributed by atoms with Crippen LogP contribution in [0.1, 0.15) is 37.2 Å². The number of ether oxygens (including phenoxy) is 1. The van der Waals surface area contributed by atoms with Gasteiger partial charge in [-0.05, 0) is 37.2 Å². The maximum absolute atomic E-state index is 11.0. The topological polar surface area (TPSA) is 49.8 Å². The van der Waals surface area contributed by atoms with Gasteiger partial charge in [0.2, 0.25) is 0 Å². The van der Waals surface area contributed by atoms with Crippen molar-refractivity contribution >= 4 is 5.97 Å². The normalized spacial score (nSPS) is 22.4. The number of aliphatic carboxylic acids is 1. The Balaban J connectivity index is 1.89. The van der Waals surface area contributed by atoms with E-state index in [1.807, 2.05) is 0 Å². The molecule has 1 N–H and O–H groups in total. The molecule has 1 saturated carbocycles. The first-order valence-electron chi connectivity index (χ1n) is 7.70. The quantitative estimate of drug-likeness (QED) is 0.839. The molecule has 0 heterocycles. The lowest BCUT2D eigenvalue weighted by Crippen LogP contribution is -2.42. The third-order valence-corrected chi connectivity index (χ3v) is 4.41. The van der Waals surface area contributed by atoms with Crippen molar-refractivity contribution in [2.24, 2.45) is 0 Å². The lowest BCUT2D eigenvalue weighted by molar-refractivity contribution is -0.139. The number of carboxylic acids is 1. The van der Waals surface area contributed by atoms with Gasteiger partial charge in [-0.2, -0.15) is 0 Å². The largest absolute Gasteiger partial charge is 0.480 e. The molecule has 1 fully saturated rings. The van der Waals surface area contributed by atoms with Crippen molar-refractivity contribution in [3.05, 3.63) is 35.9 Å². The molecule has 2 rings (SSSR count). The minimum atomic E-state index is -0.753. The molecule has 21 heavy (non-hydrogen) atoms. The van der Waals surface area contributed by atoms with Crippen LogP contribution in [0, 0.1) is 0 Å². The summed E-state index contributed by atoms with van der Waals surface area (Å²) >= 11 is 0. The molecule has 116 valence electrons. The second kappa shape index (κ2) is 8.15. The Labute approximate surface area is 126 Å². The number of carbonyl (C=O) groups is 1. The van der Waals surface area contributed by atoms with Gasteiger partial charge >= 0.3 is 5.97 Å². The van der Waals surface area contributed by atoms with Gasteiger partial charge in [-0.15, -0.1) is 0 Å². The van der Waals surface area contributed by atoms with Crippen molar-refractivity contribution in [1.29, 1.82) is 0 Å². The molecule has 0 aromatic heterocycles. The van der Waals surface area contributed by atoms with Crippen molar-refractivity contribution in [1.82, 2.24) is 4.90 Å². The molecule has 0 atom stereocenters. The molecule has 0 aliphatic heterocycles. The zero-order chi connectivity index (χ0) is 15.1. The lowest BCUT2D eigenvalue weighted by Gasteiger charge is -2.36. The Morgan fingerprint density at radius 1 is 1.24 bits per heavy atom. The average Bonchev–Trinajstić information content (AvgIpc) is 2.52. The molecular weight excluding hydrogens is 266 g/mol. The predicted octanol–water partition coefficient (Wildman–Crippen LogP) is 2.75. The lowest BCUT2D eigenvalue weighted by atomic mass is 9.81. The molecular formula is C17H25NO3. The summed E-state index contributed by atoms with van der Waals surface area (Å²) < 4.78 is 5.10. The third kappa shape index (κ3) is 4.83. The average molecular weight is 291 g/mol. The highest BCUT2D eigenvalue weighted by Crippen LogP contribution is 2.34. The monoisotopic (exact) mass is 291 g/mol. The molecule has 1 aromatic rings. The van der Waals surface area contributed by atoms with Crippen LogP contribution in [0.2, 0.25) is 0 Å². The van der Waals surface area contributed by atoms with Gasteiger partial charge < -0.3 is 9.84 Å². The maximum atomic E-state index is 11.0. The van der Waals surface area contributed by atoms with Gasteiger partial charge in [-0.1, -0.05) is 30.3 Å². The van der Waals surface area contributed by atoms with Crippen molar-refractivity contribution < 1.29 is 14.6 Å². The van der Waals surface area contributed by atoms with E-state index in [2.05, 4.69) is 35.2 Å². The van der Waals surface area contributed by atoms with E-state index in [0.717, 1.165) is 25.7 Å². The van der Waals surface area contributed by atoms with Crippen LogP contribution in [0.15, 0.2) is 30.3 Å². The van der Waals surface area contributed by atoms with Gasteiger partial charge in [0.1, 0.15) is 0 Å². The maximum Gasteiger partial charge on any atom is 0.317 e. The molecule has 0 amide bonds. The van der Waals surface area contributed by atoms with Crippen LogP contribution in [-0.4, -0.2) is 48.8 Å². The fourth-order valence-corrected chi connectivity index (χ4v) is 3.27. The van der Waals surface area contributed by atoms with Crippen LogP contribution in [0.5, 0.6) is 0 Å². The van der Waals surface area contributed by atoms with E-state index in [-0.39, 0.29) is 6.54 Å². The summed E-state index contributed by atoms with van der Waals surface area (Å²) in [6.45, 7) is 1.40. The fourth-order valence-electron chi connectivity index (χ4n) is 3.27. The number of carboxylic acid groups (broad SMARTS) is 1. The Bertz CT molecular complexity index is 427. The van der Waals surface area contributed by atoms with Crippen LogP contribution >= 0.6 is 0 Å². The van der Waals surface area contributed by atoms with E-state index < -0.39 is 5.97 Å². The Kier molecular flexibility index (Phi) is 6.21. The number of hydrogen-bond acceptors (Lipinski definition) is 3. The summed E-state index contributed by atoms with van der Waals surface area (Å²) in [4.78, 5) is 13.1. The molecule has 0 spiro atoms. The van der Waals surface area contributed by atoms with E-state index >= 15 is 0 Å². The molecule has 0 bridgehead atoms. The van der Waals surface area contributed by atoms with E-state index in [1.165, 1.54) is 5.56 Å². The predicted molar refractivity (Wildman–Crippen MR) is 82.5 cm³/mol. The molecule has 4 heteroatoms. The number of hydrogen-bond donors (Lipinski definition) is 1. The van der Waals surface area contributed by atoms with Crippen LogP contribution in [0.25, 0.3) is 0 Å². The first-order valence-corrected chi connectivity index (χ1v) is 7.70. The first-order chi connectivity index (χ1) is 10.2. The highest BCUT2D eigenvalue weighted by atomic mass is 16.5. The minimum absolute atomic E-state index is 0.115. The molecule has 0 unspecified atom stereocenters. The van der Waals surface area contributed by atoms with Gasteiger partial charge in [0.05, 0.1) is 13.2 Å². The van der Waals surface area contributed by atoms with Gasteiger partial charge in [0.25, 0.3) is 0 Å². The highest BCUT2D eigenvalue weighted by Gasteiger charge is 2.27. The molecule has 1 aliphatic rings. The summed E-state index contributed by atoms with van der Waals surface area (Å²) in [5, 5.41) is 9.06. The molecule has 4 nitrogen and oxygen atoms in total. The summed E-state index contributed by atoms with van der Waals surface area (Å²) in [6.07, 6.45) is 4.41. The van der Waals surface area contributed by atoms with Crippen LogP contribution < -0.4 is 0 Å². The van der Waals surface area contributed by atoms with Gasteiger partial charge in [-0.3, -0.25) is 9.69 Å². The van der Waals surface area contributed by atoms with E-state index in [9.17, 15) is 4.79 Å². The summed E-state index contributed by atoms with van der Waals surface area (Å²) in [5.41, 5.74) is 1.41. The molecule has 0 saturated heterocycles. The van der Waals surface area contributed by atoms with E-state index in [0.29, 0.717) is 25.1 Å². The van der Waals surface area contributed by atoms with Gasteiger partial charge in [0, 0.05) is 19.7 Å². The SMILES string of the molecule is COCCN(CC(=O)O)C1CCC(c2ccccc2)CC1. The number of benzene rings is 1. The zero-order valence-corrected chi connectivity index (χ0v) is 12.7. The second-order valence-corrected chi connectivity index (χ2v) is 5.77. The Morgan fingerprint density at radius 3 is 2.48 bits per heavy atom. The second-order valence-electron chi connectivity index (χ2n) is 5.77. The standard InChI is InChI=1S/C17H25NO3/c1-21-12-11-18(13-17(19)20)16-9-7-15(8-10-16)14-5-3-2-4-6-14/h2-6,15-16H,7-13H2,1H3,(H,19,20). The minimum Gasteiger partial charge on any atom is -0.480 e. The number of rotatable bonds is 7. The smallest absolute Gasteiger partial charge is 0.317 e. The summed E-state index contributed by atoms with van der Waals surface area (Å²) in [6, 6.07) is 11.0. The van der Waals surface area contributed by atoms with Gasteiger partial charge in [-0.25, -0.2) is 0 Å². The number of nitrogens with zero attached hydrogens (tertiary/aromatic N) is 1. The van der Waals surface area contributed by atoms with Crippen LogP contribution in [0.4, 0.5) is 0 Å². The van der Waals surface area contributed by atoms with Crippen LogP contribution in [-0.2, 0) is 9.53 Å². The Morgan fingerprint density at radius 2 is 1.90 bits per heavy atom. The molecule has 1 aromatic carbocycles. The highest BCUT2D eigenvalue weighted by molar-refractivity contribution is 5.69. The van der Waals surface area contributed by atoms with E-state index in [4.69, 9.17) is 9.84 Å². The summed E-state index contributed by atoms with van der Waals surface area (Å²) in [7, 11) is 1.66. The molecule has 0 radical (unpaired) electrons. The Hall–Kier alpha value is -1.39. The number of methoxy groups -OCH3 is 1. The van der Waals surface area contributed by atoms with Crippen molar-refractivity contribution in [2.75, 3.05) is 26.8 Å². The molecule has 1 aliphatic carbocycles. The van der Waals surface area contributed by atoms with E-state index in [1.54, 1.807) is 7.11 Å². The summed E-state index contributed by atoms with van der Waals surface area (Å²) in [5.74, 6) is -0.132. The van der Waals surface area contributed by atoms with Crippen LogP contribution in [0.3, 0.4) is 0 Å². The third-order valence-electron chi connectivity index (χ3n) is 4.41. The fraction of sp³-hybridized carbons (Fsp3) is 0.588. The zero-order valence-electron chi connectivity index (χ0n) is 12.7. The van der Waals surface area contributed by atoms with Crippen molar-refractivity contribution in [2.45, 2.75) is 37.6 Å². The van der Waals surface area contributed by atoms with Gasteiger partial charge in [0.15, 0.2) is 0 Å². The van der Waals surface area contributed by atoms with Crippen molar-refractivity contribution in [3.63, 3.8) is 0 Å². The van der Waals surface area contributed by atoms with Crippen molar-refractivity contribution in [3.8, 4) is 0 Å². The first kappa shape index (κ1) is 16.0.